The van der Waals surface area contributed by atoms with E-state index in [2.05, 4.69) is 10.0 Å². The highest BCUT2D eigenvalue weighted by Gasteiger charge is 2.16. The summed E-state index contributed by atoms with van der Waals surface area (Å²) in [7, 11) is -3.25. The molecule has 6 nitrogen and oxygen atoms in total. The monoisotopic (exact) mass is 266 g/mol. The molecular weight excluding hydrogens is 244 g/mol. The summed E-state index contributed by atoms with van der Waals surface area (Å²) in [5.41, 5.74) is 0. The Morgan fingerprint density at radius 2 is 2.29 bits per heavy atom. The van der Waals surface area contributed by atoms with Crippen LogP contribution in [0.5, 0.6) is 0 Å². The summed E-state index contributed by atoms with van der Waals surface area (Å²) in [6.07, 6.45) is 0.0543. The van der Waals surface area contributed by atoms with Gasteiger partial charge in [-0.25, -0.2) is 13.1 Å². The van der Waals surface area contributed by atoms with Crippen LogP contribution in [0.25, 0.3) is 0 Å². The van der Waals surface area contributed by atoms with Gasteiger partial charge >= 0.3 is 0 Å². The van der Waals surface area contributed by atoms with Crippen LogP contribution in [0.4, 0.5) is 0 Å². The predicted octanol–water partition coefficient (Wildman–Crippen LogP) is -0.681. The van der Waals surface area contributed by atoms with Crippen molar-refractivity contribution in [3.8, 4) is 0 Å². The number of hydrogen-bond acceptors (Lipinski definition) is 5. The molecule has 1 saturated heterocycles. The Labute approximate surface area is 103 Å². The van der Waals surface area contributed by atoms with Crippen LogP contribution in [0, 0.1) is 0 Å². The zero-order valence-corrected chi connectivity index (χ0v) is 11.3. The number of nitrogens with one attached hydrogen (secondary N) is 2. The average Bonchev–Trinajstić information content (AvgIpc) is 2.27. The summed E-state index contributed by atoms with van der Waals surface area (Å²) in [6, 6.07) is 0.0598. The van der Waals surface area contributed by atoms with Crippen molar-refractivity contribution in [2.45, 2.75) is 26.0 Å². The molecule has 1 aliphatic rings. The summed E-state index contributed by atoms with van der Waals surface area (Å²) in [5, 5.41) is 3.18. The third-order valence-electron chi connectivity index (χ3n) is 2.35. The van der Waals surface area contributed by atoms with E-state index >= 15 is 0 Å². The Balaban J connectivity index is 2.19. The fourth-order valence-electron chi connectivity index (χ4n) is 1.44. The first-order valence-electron chi connectivity index (χ1n) is 5.89. The van der Waals surface area contributed by atoms with Crippen molar-refractivity contribution < 1.29 is 17.9 Å². The predicted molar refractivity (Wildman–Crippen MR) is 65.5 cm³/mol. The van der Waals surface area contributed by atoms with Gasteiger partial charge < -0.3 is 14.8 Å². The Bertz CT molecular complexity index is 299. The van der Waals surface area contributed by atoms with Crippen molar-refractivity contribution in [1.82, 2.24) is 10.0 Å². The van der Waals surface area contributed by atoms with Crippen molar-refractivity contribution in [2.24, 2.45) is 0 Å². The molecular formula is C10H22N2O4S. The van der Waals surface area contributed by atoms with Crippen LogP contribution in [-0.4, -0.2) is 59.2 Å². The van der Waals surface area contributed by atoms with Crippen molar-refractivity contribution in [3.63, 3.8) is 0 Å². The molecule has 0 aromatic carbocycles. The molecule has 1 atom stereocenters. The van der Waals surface area contributed by atoms with Crippen LogP contribution in [0.15, 0.2) is 0 Å². The van der Waals surface area contributed by atoms with Crippen molar-refractivity contribution in [1.29, 1.82) is 0 Å². The summed E-state index contributed by atoms with van der Waals surface area (Å²) in [4.78, 5) is 0. The van der Waals surface area contributed by atoms with E-state index in [1.54, 1.807) is 0 Å². The third kappa shape index (κ3) is 6.95. The number of sulfonamides is 1. The van der Waals surface area contributed by atoms with Crippen LogP contribution in [0.1, 0.15) is 13.8 Å². The maximum absolute atomic E-state index is 11.6. The van der Waals surface area contributed by atoms with Crippen LogP contribution in [0.3, 0.4) is 0 Å². The molecule has 1 rings (SSSR count). The van der Waals surface area contributed by atoms with Gasteiger partial charge in [0.1, 0.15) is 0 Å². The Morgan fingerprint density at radius 1 is 1.53 bits per heavy atom. The van der Waals surface area contributed by atoms with Gasteiger partial charge in [0.25, 0.3) is 0 Å². The molecule has 1 fully saturated rings. The zero-order chi connectivity index (χ0) is 12.7. The highest BCUT2D eigenvalue weighted by atomic mass is 32.2. The van der Waals surface area contributed by atoms with E-state index in [0.29, 0.717) is 19.8 Å². The fraction of sp³-hybridized carbons (Fsp3) is 1.00. The van der Waals surface area contributed by atoms with Gasteiger partial charge in [-0.1, -0.05) is 0 Å². The second-order valence-corrected chi connectivity index (χ2v) is 6.24. The number of ether oxygens (including phenoxy) is 2. The molecule has 0 radical (unpaired) electrons. The number of hydrogen-bond donors (Lipinski definition) is 2. The van der Waals surface area contributed by atoms with Crippen LogP contribution in [0.2, 0.25) is 0 Å². The highest BCUT2D eigenvalue weighted by molar-refractivity contribution is 7.89. The second kappa shape index (κ2) is 7.27. The summed E-state index contributed by atoms with van der Waals surface area (Å²) in [6.45, 7) is 6.34. The third-order valence-corrected chi connectivity index (χ3v) is 3.66. The second-order valence-electron chi connectivity index (χ2n) is 4.31. The number of rotatable bonds is 7. The van der Waals surface area contributed by atoms with Gasteiger partial charge in [-0.3, -0.25) is 0 Å². The lowest BCUT2D eigenvalue weighted by atomic mass is 10.3. The molecule has 2 N–H and O–H groups in total. The average molecular weight is 266 g/mol. The SMILES string of the molecule is CC(C)OCCS(=O)(=O)NCC1COCCN1. The van der Waals surface area contributed by atoms with Crippen LogP contribution >= 0.6 is 0 Å². The lowest BCUT2D eigenvalue weighted by Crippen LogP contribution is -2.48. The van der Waals surface area contributed by atoms with Crippen LogP contribution in [-0.2, 0) is 19.5 Å². The normalized spacial score (nSPS) is 21.9. The van der Waals surface area contributed by atoms with E-state index in [4.69, 9.17) is 9.47 Å². The lowest BCUT2D eigenvalue weighted by Gasteiger charge is -2.23. The molecule has 1 unspecified atom stereocenters. The topological polar surface area (TPSA) is 76.7 Å². The van der Waals surface area contributed by atoms with Gasteiger partial charge in [0, 0.05) is 19.1 Å². The fourth-order valence-corrected chi connectivity index (χ4v) is 2.36. The quantitative estimate of drug-likeness (QED) is 0.638. The maximum atomic E-state index is 11.6. The van der Waals surface area contributed by atoms with Gasteiger partial charge in [-0.15, -0.1) is 0 Å². The molecule has 17 heavy (non-hydrogen) atoms. The van der Waals surface area contributed by atoms with Gasteiger partial charge in [-0.2, -0.15) is 0 Å². The van der Waals surface area contributed by atoms with E-state index in [9.17, 15) is 8.42 Å². The molecule has 0 aromatic heterocycles. The first-order chi connectivity index (χ1) is 7.99. The lowest BCUT2D eigenvalue weighted by molar-refractivity contribution is 0.0782. The molecule has 0 spiro atoms. The number of morpholine rings is 1. The van der Waals surface area contributed by atoms with Crippen molar-refractivity contribution >= 4 is 10.0 Å². The highest BCUT2D eigenvalue weighted by Crippen LogP contribution is 1.94. The van der Waals surface area contributed by atoms with E-state index < -0.39 is 10.0 Å². The Morgan fingerprint density at radius 3 is 2.88 bits per heavy atom. The molecule has 102 valence electrons. The molecule has 1 heterocycles. The van der Waals surface area contributed by atoms with Crippen molar-refractivity contribution in [2.75, 3.05) is 38.7 Å². The maximum Gasteiger partial charge on any atom is 0.213 e. The molecule has 0 bridgehead atoms. The molecule has 0 aliphatic carbocycles. The molecule has 0 saturated carbocycles. The minimum atomic E-state index is -3.25. The minimum Gasteiger partial charge on any atom is -0.378 e. The van der Waals surface area contributed by atoms with Gasteiger partial charge in [0.05, 0.1) is 31.7 Å². The van der Waals surface area contributed by atoms with Gasteiger partial charge in [0.15, 0.2) is 0 Å². The van der Waals surface area contributed by atoms with Gasteiger partial charge in [-0.05, 0) is 13.8 Å². The van der Waals surface area contributed by atoms with Gasteiger partial charge in [0.2, 0.25) is 10.0 Å². The minimum absolute atomic E-state index is 0.00123. The summed E-state index contributed by atoms with van der Waals surface area (Å²) in [5.74, 6) is -0.00123. The Hall–Kier alpha value is -0.210. The standard InChI is InChI=1S/C10H22N2O4S/c1-9(2)16-5-6-17(13,14)12-7-10-8-15-4-3-11-10/h9-12H,3-8H2,1-2H3. The van der Waals surface area contributed by atoms with Crippen molar-refractivity contribution in [3.05, 3.63) is 0 Å². The van der Waals surface area contributed by atoms with E-state index in [-0.39, 0.29) is 24.5 Å². The Kier molecular flexibility index (Phi) is 6.35. The largest absolute Gasteiger partial charge is 0.378 e. The molecule has 1 aliphatic heterocycles. The molecule has 7 heteroatoms. The summed E-state index contributed by atoms with van der Waals surface area (Å²) < 4.78 is 36.2. The van der Waals surface area contributed by atoms with E-state index in [0.717, 1.165) is 6.54 Å². The molecule has 0 aromatic rings. The van der Waals surface area contributed by atoms with Crippen LogP contribution < -0.4 is 10.0 Å². The zero-order valence-electron chi connectivity index (χ0n) is 10.4. The van der Waals surface area contributed by atoms with E-state index in [1.165, 1.54) is 0 Å². The first-order valence-corrected chi connectivity index (χ1v) is 7.55. The first kappa shape index (κ1) is 14.8. The molecule has 0 amide bonds. The smallest absolute Gasteiger partial charge is 0.213 e. The van der Waals surface area contributed by atoms with E-state index in [1.807, 2.05) is 13.8 Å². The summed E-state index contributed by atoms with van der Waals surface area (Å²) >= 11 is 0.